The van der Waals surface area contributed by atoms with Gasteiger partial charge < -0.3 is 14.9 Å². The van der Waals surface area contributed by atoms with Gasteiger partial charge in [0.1, 0.15) is 24.4 Å². The predicted molar refractivity (Wildman–Crippen MR) is 121 cm³/mol. The van der Waals surface area contributed by atoms with E-state index in [0.29, 0.717) is 24.6 Å². The standard InChI is InChI=1S/C25H28F5NO5/c1-14(2)9-20(22(32)33)31-21(23(34)35)11-15-5-4-6-18(10-15)36-13-16-7-8-17(25(28,29)30)12-19(16)24(3,26)27/h4-8,10,12,14,20-21,31H,9,11,13H2,1-3H3,(H,32,33)(H,34,35)/t20-,21-/m0/s1. The summed E-state index contributed by atoms with van der Waals surface area (Å²) in [5.74, 6) is -5.78. The molecule has 198 valence electrons. The van der Waals surface area contributed by atoms with Crippen molar-refractivity contribution in [2.45, 2.75) is 64.4 Å². The highest BCUT2D eigenvalue weighted by molar-refractivity contribution is 5.77. The first-order valence-corrected chi connectivity index (χ1v) is 11.1. The minimum absolute atomic E-state index is 0.00959. The molecule has 0 amide bonds. The van der Waals surface area contributed by atoms with Gasteiger partial charge in [0.05, 0.1) is 5.56 Å². The van der Waals surface area contributed by atoms with E-state index >= 15 is 0 Å². The van der Waals surface area contributed by atoms with Crippen molar-refractivity contribution >= 4 is 11.9 Å². The number of ether oxygens (including phenoxy) is 1. The van der Waals surface area contributed by atoms with Crippen molar-refractivity contribution in [3.05, 3.63) is 64.7 Å². The van der Waals surface area contributed by atoms with Gasteiger partial charge >= 0.3 is 18.1 Å². The fourth-order valence-corrected chi connectivity index (χ4v) is 3.62. The third-order valence-corrected chi connectivity index (χ3v) is 5.35. The van der Waals surface area contributed by atoms with Crippen molar-refractivity contribution in [3.8, 4) is 5.75 Å². The Morgan fingerprint density at radius 3 is 2.14 bits per heavy atom. The van der Waals surface area contributed by atoms with Crippen LogP contribution >= 0.6 is 0 Å². The second-order valence-corrected chi connectivity index (χ2v) is 8.98. The molecule has 0 fully saturated rings. The minimum atomic E-state index is -4.78. The zero-order chi connectivity index (χ0) is 27.3. The lowest BCUT2D eigenvalue weighted by Crippen LogP contribution is -2.48. The molecule has 11 heteroatoms. The Morgan fingerprint density at radius 2 is 1.61 bits per heavy atom. The largest absolute Gasteiger partial charge is 0.489 e. The van der Waals surface area contributed by atoms with Crippen LogP contribution in [0.2, 0.25) is 0 Å². The number of benzene rings is 2. The highest BCUT2D eigenvalue weighted by atomic mass is 19.4. The minimum Gasteiger partial charge on any atom is -0.489 e. The van der Waals surface area contributed by atoms with Crippen LogP contribution in [0.15, 0.2) is 42.5 Å². The van der Waals surface area contributed by atoms with Gasteiger partial charge in [0, 0.05) is 12.5 Å². The van der Waals surface area contributed by atoms with Gasteiger partial charge in [-0.05, 0) is 54.2 Å². The van der Waals surface area contributed by atoms with Crippen LogP contribution in [0.1, 0.15) is 49.4 Å². The van der Waals surface area contributed by atoms with E-state index in [9.17, 15) is 41.8 Å². The van der Waals surface area contributed by atoms with Gasteiger partial charge in [-0.15, -0.1) is 0 Å². The molecule has 0 spiro atoms. The van der Waals surface area contributed by atoms with E-state index in [2.05, 4.69) is 5.32 Å². The number of alkyl halides is 5. The van der Waals surface area contributed by atoms with Gasteiger partial charge in [0.2, 0.25) is 0 Å². The Kier molecular flexibility index (Phi) is 9.42. The van der Waals surface area contributed by atoms with Crippen LogP contribution in [0.5, 0.6) is 5.75 Å². The lowest BCUT2D eigenvalue weighted by atomic mass is 9.99. The summed E-state index contributed by atoms with van der Waals surface area (Å²) in [6.07, 6.45) is -4.65. The van der Waals surface area contributed by atoms with Crippen molar-refractivity contribution in [3.63, 3.8) is 0 Å². The number of aliphatic carboxylic acids is 2. The molecule has 2 rings (SSSR count). The Balaban J connectivity index is 2.20. The molecular weight excluding hydrogens is 489 g/mol. The number of halogens is 5. The SMILES string of the molecule is CC(C)C[C@H](N[C@@H](Cc1cccc(OCc2ccc(C(F)(F)F)cc2C(C)(F)F)c1)C(=O)O)C(=O)O. The third kappa shape index (κ3) is 8.47. The maximum atomic E-state index is 14.0. The second-order valence-electron chi connectivity index (χ2n) is 8.98. The Labute approximate surface area is 205 Å². The maximum Gasteiger partial charge on any atom is 0.416 e. The average Bonchev–Trinajstić information content (AvgIpc) is 2.75. The average molecular weight is 517 g/mol. The molecule has 0 aliphatic rings. The van der Waals surface area contributed by atoms with E-state index in [0.717, 1.165) is 6.07 Å². The van der Waals surface area contributed by atoms with Gasteiger partial charge in [0.15, 0.2) is 0 Å². The van der Waals surface area contributed by atoms with Gasteiger partial charge in [-0.1, -0.05) is 32.0 Å². The number of nitrogens with one attached hydrogen (secondary N) is 1. The summed E-state index contributed by atoms with van der Waals surface area (Å²) in [5, 5.41) is 21.6. The second kappa shape index (κ2) is 11.7. The molecule has 0 aliphatic carbocycles. The summed E-state index contributed by atoms with van der Waals surface area (Å²) in [6.45, 7) is 3.67. The summed E-state index contributed by atoms with van der Waals surface area (Å²) in [6, 6.07) is 5.81. The summed E-state index contributed by atoms with van der Waals surface area (Å²) in [4.78, 5) is 23.2. The van der Waals surface area contributed by atoms with Crippen molar-refractivity contribution in [2.24, 2.45) is 5.92 Å². The molecular formula is C25H28F5NO5. The van der Waals surface area contributed by atoms with Crippen molar-refractivity contribution < 1.29 is 46.5 Å². The maximum absolute atomic E-state index is 14.0. The normalized spacial score (nSPS) is 13.9. The van der Waals surface area contributed by atoms with Crippen LogP contribution in [0.4, 0.5) is 22.0 Å². The molecule has 0 bridgehead atoms. The molecule has 0 saturated heterocycles. The highest BCUT2D eigenvalue weighted by Gasteiger charge is 2.35. The monoisotopic (exact) mass is 517 g/mol. The van der Waals surface area contributed by atoms with E-state index in [1.807, 2.05) is 13.8 Å². The van der Waals surface area contributed by atoms with E-state index in [-0.39, 0.29) is 30.1 Å². The summed E-state index contributed by atoms with van der Waals surface area (Å²) in [7, 11) is 0. The first kappa shape index (κ1) is 29.0. The van der Waals surface area contributed by atoms with Crippen LogP contribution in [0.25, 0.3) is 0 Å². The zero-order valence-electron chi connectivity index (χ0n) is 19.9. The lowest BCUT2D eigenvalue weighted by molar-refractivity contribution is -0.143. The quantitative estimate of drug-likeness (QED) is 0.323. The van der Waals surface area contributed by atoms with Crippen LogP contribution < -0.4 is 10.1 Å². The number of rotatable bonds is 12. The molecule has 0 aromatic heterocycles. The number of hydrogen-bond acceptors (Lipinski definition) is 4. The van der Waals surface area contributed by atoms with Crippen LogP contribution in [0, 0.1) is 5.92 Å². The fourth-order valence-electron chi connectivity index (χ4n) is 3.62. The molecule has 2 atom stereocenters. The Morgan fingerprint density at radius 1 is 0.972 bits per heavy atom. The molecule has 2 aromatic rings. The first-order chi connectivity index (χ1) is 16.6. The molecule has 3 N–H and O–H groups in total. The zero-order valence-corrected chi connectivity index (χ0v) is 19.9. The van der Waals surface area contributed by atoms with Crippen molar-refractivity contribution in [2.75, 3.05) is 0 Å². The molecule has 0 unspecified atom stereocenters. The van der Waals surface area contributed by atoms with Crippen LogP contribution in [-0.2, 0) is 34.7 Å². The highest BCUT2D eigenvalue weighted by Crippen LogP contribution is 2.36. The molecule has 0 saturated carbocycles. The van der Waals surface area contributed by atoms with Crippen LogP contribution in [-0.4, -0.2) is 34.2 Å². The summed E-state index contributed by atoms with van der Waals surface area (Å²) < 4.78 is 72.5. The van der Waals surface area contributed by atoms with E-state index in [1.165, 1.54) is 18.2 Å². The molecule has 0 heterocycles. The Hall–Kier alpha value is -3.21. The van der Waals surface area contributed by atoms with Crippen LogP contribution in [0.3, 0.4) is 0 Å². The molecule has 0 aliphatic heterocycles. The molecule has 0 radical (unpaired) electrons. The van der Waals surface area contributed by atoms with Gasteiger partial charge in [-0.25, -0.2) is 8.78 Å². The summed E-state index contributed by atoms with van der Waals surface area (Å²) in [5.41, 5.74) is -1.68. The van der Waals surface area contributed by atoms with Gasteiger partial charge in [-0.3, -0.25) is 14.9 Å². The van der Waals surface area contributed by atoms with E-state index in [4.69, 9.17) is 4.74 Å². The number of hydrogen-bond donors (Lipinski definition) is 3. The van der Waals surface area contributed by atoms with Gasteiger partial charge in [0.25, 0.3) is 5.92 Å². The smallest absolute Gasteiger partial charge is 0.416 e. The molecule has 6 nitrogen and oxygen atoms in total. The summed E-state index contributed by atoms with van der Waals surface area (Å²) >= 11 is 0. The van der Waals surface area contributed by atoms with E-state index in [1.54, 1.807) is 6.07 Å². The van der Waals surface area contributed by atoms with Crippen molar-refractivity contribution in [1.82, 2.24) is 5.32 Å². The topological polar surface area (TPSA) is 95.9 Å². The van der Waals surface area contributed by atoms with Crippen molar-refractivity contribution in [1.29, 1.82) is 0 Å². The molecule has 2 aromatic carbocycles. The number of carboxylic acid groups (broad SMARTS) is 2. The first-order valence-electron chi connectivity index (χ1n) is 11.1. The Bertz CT molecular complexity index is 1070. The predicted octanol–water partition coefficient (Wildman–Crippen LogP) is 5.48. The number of carbonyl (C=O) groups is 2. The van der Waals surface area contributed by atoms with Gasteiger partial charge in [-0.2, -0.15) is 13.2 Å². The van der Waals surface area contributed by atoms with E-state index < -0.39 is 53.9 Å². The lowest BCUT2D eigenvalue weighted by Gasteiger charge is -2.22. The fraction of sp³-hybridized carbons (Fsp3) is 0.440. The third-order valence-electron chi connectivity index (χ3n) is 5.35. The number of carboxylic acids is 2. The molecule has 36 heavy (non-hydrogen) atoms.